The minimum absolute atomic E-state index is 0.256. The SMILES string of the molecule is COCCCCc1cc(C(=O)OCCCC=Nc2ccccc2)ccc1C. The van der Waals surface area contributed by atoms with E-state index in [0.29, 0.717) is 12.2 Å². The standard InChI is InChI=1S/C23H29NO3/c1-19-13-14-21(18-20(19)10-6-8-16-26-2)23(25)27-17-9-7-15-24-22-11-4-3-5-12-22/h3-5,11-15,18H,6-10,16-17H2,1-2H3. The largest absolute Gasteiger partial charge is 0.462 e. The Morgan fingerprint density at radius 3 is 2.63 bits per heavy atom. The van der Waals surface area contributed by atoms with Crippen LogP contribution in [0.1, 0.15) is 47.2 Å². The average molecular weight is 367 g/mol. The molecule has 4 heteroatoms. The molecule has 0 aliphatic heterocycles. The van der Waals surface area contributed by atoms with Crippen molar-refractivity contribution in [2.75, 3.05) is 20.3 Å². The summed E-state index contributed by atoms with van der Waals surface area (Å²) >= 11 is 0. The minimum atomic E-state index is -0.256. The van der Waals surface area contributed by atoms with Crippen molar-refractivity contribution in [2.24, 2.45) is 4.99 Å². The lowest BCUT2D eigenvalue weighted by Gasteiger charge is -2.09. The van der Waals surface area contributed by atoms with Crippen molar-refractivity contribution in [3.8, 4) is 0 Å². The van der Waals surface area contributed by atoms with E-state index in [0.717, 1.165) is 44.4 Å². The molecule has 0 fully saturated rings. The fourth-order valence-corrected chi connectivity index (χ4v) is 2.74. The molecule has 27 heavy (non-hydrogen) atoms. The molecule has 144 valence electrons. The van der Waals surface area contributed by atoms with E-state index in [9.17, 15) is 4.79 Å². The van der Waals surface area contributed by atoms with Gasteiger partial charge in [0.25, 0.3) is 0 Å². The molecule has 0 amide bonds. The molecule has 0 radical (unpaired) electrons. The molecule has 0 aliphatic rings. The predicted molar refractivity (Wildman–Crippen MR) is 110 cm³/mol. The maximum Gasteiger partial charge on any atom is 0.338 e. The Labute approximate surface area is 162 Å². The van der Waals surface area contributed by atoms with Crippen LogP contribution in [0.15, 0.2) is 53.5 Å². The van der Waals surface area contributed by atoms with Crippen molar-refractivity contribution >= 4 is 17.9 Å². The van der Waals surface area contributed by atoms with Crippen molar-refractivity contribution in [3.63, 3.8) is 0 Å². The van der Waals surface area contributed by atoms with Crippen LogP contribution in [0.25, 0.3) is 0 Å². The first-order valence-corrected chi connectivity index (χ1v) is 9.54. The number of rotatable bonds is 11. The Kier molecular flexibility index (Phi) is 9.28. The van der Waals surface area contributed by atoms with Crippen molar-refractivity contribution in [3.05, 3.63) is 65.2 Å². The van der Waals surface area contributed by atoms with Crippen molar-refractivity contribution in [2.45, 2.75) is 39.0 Å². The molecule has 0 spiro atoms. The molecule has 0 aliphatic carbocycles. The number of nitrogens with zero attached hydrogens (tertiary/aromatic N) is 1. The van der Waals surface area contributed by atoms with Crippen LogP contribution >= 0.6 is 0 Å². The van der Waals surface area contributed by atoms with E-state index in [1.54, 1.807) is 7.11 Å². The van der Waals surface area contributed by atoms with Gasteiger partial charge in [-0.1, -0.05) is 24.3 Å². The molecule has 0 heterocycles. The first-order chi connectivity index (χ1) is 13.2. The van der Waals surface area contributed by atoms with E-state index >= 15 is 0 Å². The summed E-state index contributed by atoms with van der Waals surface area (Å²) in [7, 11) is 1.72. The second-order valence-corrected chi connectivity index (χ2v) is 6.52. The number of aryl methyl sites for hydroxylation is 2. The second-order valence-electron chi connectivity index (χ2n) is 6.52. The van der Waals surface area contributed by atoms with E-state index in [2.05, 4.69) is 11.9 Å². The van der Waals surface area contributed by atoms with E-state index in [1.807, 2.05) is 54.7 Å². The Morgan fingerprint density at radius 2 is 1.85 bits per heavy atom. The van der Waals surface area contributed by atoms with Crippen molar-refractivity contribution in [1.82, 2.24) is 0 Å². The molecule has 0 aromatic heterocycles. The molecule has 0 unspecified atom stereocenters. The number of carbonyl (C=O) groups excluding carboxylic acids is 1. The van der Waals surface area contributed by atoms with Gasteiger partial charge in [0.05, 0.1) is 17.9 Å². The number of esters is 1. The number of benzene rings is 2. The molecule has 0 bridgehead atoms. The molecule has 0 saturated carbocycles. The number of hydrogen-bond acceptors (Lipinski definition) is 4. The van der Waals surface area contributed by atoms with E-state index in [-0.39, 0.29) is 5.97 Å². The van der Waals surface area contributed by atoms with Crippen LogP contribution in [-0.4, -0.2) is 32.5 Å². The lowest BCUT2D eigenvalue weighted by atomic mass is 10.00. The highest BCUT2D eigenvalue weighted by Gasteiger charge is 2.09. The zero-order valence-corrected chi connectivity index (χ0v) is 16.3. The summed E-state index contributed by atoms with van der Waals surface area (Å²) in [6, 6.07) is 15.6. The summed E-state index contributed by atoms with van der Waals surface area (Å²) in [6.07, 6.45) is 6.43. The fraction of sp³-hybridized carbons (Fsp3) is 0.391. The Hall–Kier alpha value is -2.46. The number of hydrogen-bond donors (Lipinski definition) is 0. The van der Waals surface area contributed by atoms with Gasteiger partial charge in [-0.25, -0.2) is 4.79 Å². The summed E-state index contributed by atoms with van der Waals surface area (Å²) in [5.41, 5.74) is 3.98. The molecule has 2 rings (SSSR count). The lowest BCUT2D eigenvalue weighted by Crippen LogP contribution is -2.07. The van der Waals surface area contributed by atoms with Gasteiger partial charge in [-0.15, -0.1) is 0 Å². The number of para-hydroxylation sites is 1. The molecular weight excluding hydrogens is 338 g/mol. The number of aliphatic imine (C=N–C) groups is 1. The molecular formula is C23H29NO3. The molecule has 0 saturated heterocycles. The Morgan fingerprint density at radius 1 is 1.04 bits per heavy atom. The van der Waals surface area contributed by atoms with Gasteiger partial charge >= 0.3 is 5.97 Å². The highest BCUT2D eigenvalue weighted by Crippen LogP contribution is 2.15. The number of unbranched alkanes of at least 4 members (excludes halogenated alkanes) is 2. The van der Waals surface area contributed by atoms with Crippen LogP contribution in [0.2, 0.25) is 0 Å². The zero-order valence-electron chi connectivity index (χ0n) is 16.3. The van der Waals surface area contributed by atoms with E-state index in [4.69, 9.17) is 9.47 Å². The number of methoxy groups -OCH3 is 1. The smallest absolute Gasteiger partial charge is 0.338 e. The molecule has 2 aromatic rings. The third-order valence-electron chi connectivity index (χ3n) is 4.34. The summed E-state index contributed by atoms with van der Waals surface area (Å²) in [5.74, 6) is -0.256. The summed E-state index contributed by atoms with van der Waals surface area (Å²) in [4.78, 5) is 16.6. The van der Waals surface area contributed by atoms with Crippen LogP contribution in [0.5, 0.6) is 0 Å². The van der Waals surface area contributed by atoms with Crippen LogP contribution in [-0.2, 0) is 15.9 Å². The van der Waals surface area contributed by atoms with Gasteiger partial charge in [0.2, 0.25) is 0 Å². The van der Waals surface area contributed by atoms with Gasteiger partial charge in [-0.2, -0.15) is 0 Å². The second kappa shape index (κ2) is 12.0. The topological polar surface area (TPSA) is 47.9 Å². The van der Waals surface area contributed by atoms with Crippen LogP contribution in [0.4, 0.5) is 5.69 Å². The van der Waals surface area contributed by atoms with Gasteiger partial charge in [-0.3, -0.25) is 4.99 Å². The van der Waals surface area contributed by atoms with Crippen LogP contribution < -0.4 is 0 Å². The monoisotopic (exact) mass is 367 g/mol. The Bertz CT molecular complexity index is 726. The molecule has 4 nitrogen and oxygen atoms in total. The summed E-state index contributed by atoms with van der Waals surface area (Å²) in [6.45, 7) is 3.25. The van der Waals surface area contributed by atoms with Crippen LogP contribution in [0.3, 0.4) is 0 Å². The summed E-state index contributed by atoms with van der Waals surface area (Å²) in [5, 5.41) is 0. The third-order valence-corrected chi connectivity index (χ3v) is 4.34. The molecule has 2 aromatic carbocycles. The highest BCUT2D eigenvalue weighted by atomic mass is 16.5. The zero-order chi connectivity index (χ0) is 19.3. The minimum Gasteiger partial charge on any atom is -0.462 e. The quantitative estimate of drug-likeness (QED) is 0.307. The third kappa shape index (κ3) is 7.75. The van der Waals surface area contributed by atoms with E-state index in [1.165, 1.54) is 11.1 Å². The van der Waals surface area contributed by atoms with Crippen molar-refractivity contribution < 1.29 is 14.3 Å². The molecule has 0 atom stereocenters. The Balaban J connectivity index is 1.74. The fourth-order valence-electron chi connectivity index (χ4n) is 2.74. The van der Waals surface area contributed by atoms with Crippen molar-refractivity contribution in [1.29, 1.82) is 0 Å². The first kappa shape index (κ1) is 20.8. The van der Waals surface area contributed by atoms with Gasteiger partial charge < -0.3 is 9.47 Å². The normalized spacial score (nSPS) is 11.0. The highest BCUT2D eigenvalue weighted by molar-refractivity contribution is 5.89. The maximum absolute atomic E-state index is 12.3. The van der Waals surface area contributed by atoms with Gasteiger partial charge in [0.15, 0.2) is 0 Å². The van der Waals surface area contributed by atoms with Gasteiger partial charge in [-0.05, 0) is 74.4 Å². The van der Waals surface area contributed by atoms with Crippen LogP contribution in [0, 0.1) is 6.92 Å². The van der Waals surface area contributed by atoms with E-state index < -0.39 is 0 Å². The van der Waals surface area contributed by atoms with Gasteiger partial charge in [0, 0.05) is 19.9 Å². The predicted octanol–water partition coefficient (Wildman–Crippen LogP) is 5.30. The number of ether oxygens (including phenoxy) is 2. The lowest BCUT2D eigenvalue weighted by molar-refractivity contribution is 0.0502. The maximum atomic E-state index is 12.3. The first-order valence-electron chi connectivity index (χ1n) is 9.54. The summed E-state index contributed by atoms with van der Waals surface area (Å²) < 4.78 is 10.5. The number of carbonyl (C=O) groups is 1. The van der Waals surface area contributed by atoms with Gasteiger partial charge in [0.1, 0.15) is 0 Å². The molecule has 0 N–H and O–H groups in total. The average Bonchev–Trinajstić information content (AvgIpc) is 2.69.